The van der Waals surface area contributed by atoms with Crippen LogP contribution >= 0.6 is 0 Å². The summed E-state index contributed by atoms with van der Waals surface area (Å²) in [6.07, 6.45) is 7.48. The third-order valence-corrected chi connectivity index (χ3v) is 5.40. The van der Waals surface area contributed by atoms with E-state index in [1.165, 1.54) is 0 Å². The van der Waals surface area contributed by atoms with E-state index in [9.17, 15) is 9.59 Å². The van der Waals surface area contributed by atoms with Crippen LogP contribution in [0.2, 0.25) is 0 Å². The zero-order valence-corrected chi connectivity index (χ0v) is 17.5. The van der Waals surface area contributed by atoms with Crippen LogP contribution in [0.5, 0.6) is 0 Å². The maximum atomic E-state index is 13.3. The Labute approximate surface area is 181 Å². The number of carbonyl (C=O) groups excluding carboxylic acids is 2. The SMILES string of the molecule is CCC(c1cccnc1)N(C)C(=O)c1cnc2c(c1)N(Cc1ccccn1)C(=O)CN2. The molecule has 8 nitrogen and oxygen atoms in total. The maximum Gasteiger partial charge on any atom is 0.255 e. The Kier molecular flexibility index (Phi) is 5.88. The summed E-state index contributed by atoms with van der Waals surface area (Å²) in [7, 11) is 1.78. The van der Waals surface area contributed by atoms with Crippen molar-refractivity contribution in [2.24, 2.45) is 0 Å². The first-order chi connectivity index (χ1) is 15.1. The molecule has 4 heterocycles. The van der Waals surface area contributed by atoms with Crippen LogP contribution in [-0.2, 0) is 11.3 Å². The van der Waals surface area contributed by atoms with Crippen molar-refractivity contribution >= 4 is 23.3 Å². The second-order valence-corrected chi connectivity index (χ2v) is 7.37. The van der Waals surface area contributed by atoms with Gasteiger partial charge in [-0.3, -0.25) is 19.6 Å². The Morgan fingerprint density at radius 3 is 2.77 bits per heavy atom. The molecule has 0 saturated carbocycles. The van der Waals surface area contributed by atoms with Crippen LogP contribution in [-0.4, -0.2) is 45.3 Å². The van der Waals surface area contributed by atoms with Gasteiger partial charge in [0.15, 0.2) is 5.82 Å². The Morgan fingerprint density at radius 1 is 1.19 bits per heavy atom. The summed E-state index contributed by atoms with van der Waals surface area (Å²) >= 11 is 0. The lowest BCUT2D eigenvalue weighted by Crippen LogP contribution is -2.40. The lowest BCUT2D eigenvalue weighted by atomic mass is 10.0. The quantitative estimate of drug-likeness (QED) is 0.664. The average molecular weight is 416 g/mol. The number of hydrogen-bond donors (Lipinski definition) is 1. The van der Waals surface area contributed by atoms with E-state index in [-0.39, 0.29) is 24.4 Å². The second-order valence-electron chi connectivity index (χ2n) is 7.37. The normalized spacial score (nSPS) is 13.9. The van der Waals surface area contributed by atoms with Gasteiger partial charge in [0.2, 0.25) is 5.91 Å². The van der Waals surface area contributed by atoms with Gasteiger partial charge in [-0.05, 0) is 36.2 Å². The first-order valence-corrected chi connectivity index (χ1v) is 10.2. The molecule has 0 fully saturated rings. The molecule has 0 spiro atoms. The molecule has 1 aliphatic rings. The van der Waals surface area contributed by atoms with Gasteiger partial charge in [-0.25, -0.2) is 4.98 Å². The number of carbonyl (C=O) groups is 2. The summed E-state index contributed by atoms with van der Waals surface area (Å²) in [6.45, 7) is 2.50. The first-order valence-electron chi connectivity index (χ1n) is 10.2. The Hall–Kier alpha value is -3.81. The van der Waals surface area contributed by atoms with Gasteiger partial charge in [-0.2, -0.15) is 0 Å². The highest BCUT2D eigenvalue weighted by molar-refractivity contribution is 6.04. The molecule has 0 aromatic carbocycles. The molecule has 0 aliphatic carbocycles. The minimum Gasteiger partial charge on any atom is -0.359 e. The summed E-state index contributed by atoms with van der Waals surface area (Å²) in [5, 5.41) is 3.03. The number of amides is 2. The van der Waals surface area contributed by atoms with Crippen molar-refractivity contribution in [1.29, 1.82) is 0 Å². The van der Waals surface area contributed by atoms with E-state index in [0.717, 1.165) is 17.7 Å². The highest BCUT2D eigenvalue weighted by Gasteiger charge is 2.28. The van der Waals surface area contributed by atoms with Crippen molar-refractivity contribution in [3.8, 4) is 0 Å². The fourth-order valence-electron chi connectivity index (χ4n) is 3.78. The van der Waals surface area contributed by atoms with Gasteiger partial charge < -0.3 is 15.1 Å². The average Bonchev–Trinajstić information content (AvgIpc) is 2.82. The smallest absolute Gasteiger partial charge is 0.255 e. The molecule has 8 heteroatoms. The predicted octanol–water partition coefficient (Wildman–Crippen LogP) is 3.05. The highest BCUT2D eigenvalue weighted by Crippen LogP contribution is 2.31. The van der Waals surface area contributed by atoms with Crippen LogP contribution in [0.3, 0.4) is 0 Å². The predicted molar refractivity (Wildman–Crippen MR) is 118 cm³/mol. The van der Waals surface area contributed by atoms with E-state index in [0.29, 0.717) is 23.6 Å². The molecule has 3 aromatic heterocycles. The minimum atomic E-state index is -0.165. The molecule has 1 N–H and O–H groups in total. The number of rotatable bonds is 6. The molecule has 0 radical (unpaired) electrons. The molecule has 0 saturated heterocycles. The van der Waals surface area contributed by atoms with Crippen LogP contribution in [0, 0.1) is 0 Å². The van der Waals surface area contributed by atoms with E-state index >= 15 is 0 Å². The molecule has 1 atom stereocenters. The fraction of sp³-hybridized carbons (Fsp3) is 0.261. The van der Waals surface area contributed by atoms with Gasteiger partial charge in [-0.1, -0.05) is 19.1 Å². The van der Waals surface area contributed by atoms with Crippen molar-refractivity contribution in [3.05, 3.63) is 78.0 Å². The zero-order chi connectivity index (χ0) is 21.8. The van der Waals surface area contributed by atoms with Crippen LogP contribution < -0.4 is 10.2 Å². The third kappa shape index (κ3) is 4.23. The van der Waals surface area contributed by atoms with E-state index in [1.807, 2.05) is 37.3 Å². The monoisotopic (exact) mass is 416 g/mol. The molecule has 1 aliphatic heterocycles. The molecule has 1 unspecified atom stereocenters. The maximum absolute atomic E-state index is 13.3. The van der Waals surface area contributed by atoms with Crippen molar-refractivity contribution < 1.29 is 9.59 Å². The van der Waals surface area contributed by atoms with Crippen molar-refractivity contribution in [1.82, 2.24) is 19.9 Å². The summed E-state index contributed by atoms with van der Waals surface area (Å²) in [6, 6.07) is 11.0. The van der Waals surface area contributed by atoms with Gasteiger partial charge in [0.1, 0.15) is 0 Å². The van der Waals surface area contributed by atoms with E-state index in [1.54, 1.807) is 47.7 Å². The molecule has 3 aromatic rings. The number of anilines is 2. The Morgan fingerprint density at radius 2 is 2.06 bits per heavy atom. The van der Waals surface area contributed by atoms with Crippen molar-refractivity contribution in [3.63, 3.8) is 0 Å². The molecular weight excluding hydrogens is 392 g/mol. The van der Waals surface area contributed by atoms with E-state index in [2.05, 4.69) is 20.3 Å². The molecule has 158 valence electrons. The van der Waals surface area contributed by atoms with Crippen LogP contribution in [0.1, 0.15) is 41.0 Å². The van der Waals surface area contributed by atoms with E-state index in [4.69, 9.17) is 0 Å². The third-order valence-electron chi connectivity index (χ3n) is 5.40. The molecule has 2 amide bonds. The van der Waals surface area contributed by atoms with Crippen LogP contribution in [0.4, 0.5) is 11.5 Å². The van der Waals surface area contributed by atoms with Crippen LogP contribution in [0.25, 0.3) is 0 Å². The van der Waals surface area contributed by atoms with E-state index < -0.39 is 0 Å². The number of fused-ring (bicyclic) bond motifs is 1. The van der Waals surface area contributed by atoms with Gasteiger partial charge in [0.25, 0.3) is 5.91 Å². The highest BCUT2D eigenvalue weighted by atomic mass is 16.2. The topological polar surface area (TPSA) is 91.3 Å². The molecule has 0 bridgehead atoms. The minimum absolute atomic E-state index is 0.0975. The fourth-order valence-corrected chi connectivity index (χ4v) is 3.78. The molecule has 31 heavy (non-hydrogen) atoms. The van der Waals surface area contributed by atoms with Gasteiger partial charge >= 0.3 is 0 Å². The molecule has 4 rings (SSSR count). The number of nitrogens with zero attached hydrogens (tertiary/aromatic N) is 5. The summed E-state index contributed by atoms with van der Waals surface area (Å²) < 4.78 is 0. The lowest BCUT2D eigenvalue weighted by molar-refractivity contribution is -0.117. The molecular formula is C23H24N6O2. The Bertz CT molecular complexity index is 1070. The second kappa shape index (κ2) is 8.91. The van der Waals surface area contributed by atoms with Crippen molar-refractivity contribution in [2.75, 3.05) is 23.8 Å². The number of aromatic nitrogens is 3. The standard InChI is InChI=1S/C23H24N6O2/c1-3-19(16-7-6-9-24-12-16)28(2)23(31)17-11-20-22(26-13-17)27-14-21(30)29(20)15-18-8-4-5-10-25-18/h4-13,19H,3,14-15H2,1-2H3,(H,26,27). The summed E-state index contributed by atoms with van der Waals surface area (Å²) in [4.78, 5) is 42.1. The largest absolute Gasteiger partial charge is 0.359 e. The summed E-state index contributed by atoms with van der Waals surface area (Å²) in [5.41, 5.74) is 2.74. The first kappa shape index (κ1) is 20.5. The van der Waals surface area contributed by atoms with Crippen LogP contribution in [0.15, 0.2) is 61.2 Å². The van der Waals surface area contributed by atoms with Crippen molar-refractivity contribution in [2.45, 2.75) is 25.9 Å². The Balaban J connectivity index is 1.63. The summed E-state index contributed by atoms with van der Waals surface area (Å²) in [5.74, 6) is 0.315. The number of pyridine rings is 3. The van der Waals surface area contributed by atoms with Gasteiger partial charge in [-0.15, -0.1) is 0 Å². The number of hydrogen-bond acceptors (Lipinski definition) is 6. The zero-order valence-electron chi connectivity index (χ0n) is 17.5. The van der Waals surface area contributed by atoms with Gasteiger partial charge in [0.05, 0.1) is 36.1 Å². The lowest BCUT2D eigenvalue weighted by Gasteiger charge is -2.31. The van der Waals surface area contributed by atoms with Gasteiger partial charge in [0, 0.05) is 31.8 Å². The number of nitrogens with one attached hydrogen (secondary N) is 1.